The summed E-state index contributed by atoms with van der Waals surface area (Å²) in [6.07, 6.45) is 2.78. The minimum Gasteiger partial charge on any atom is -0.497 e. The van der Waals surface area contributed by atoms with Crippen LogP contribution in [0.4, 0.5) is 5.69 Å². The van der Waals surface area contributed by atoms with Crippen LogP contribution in [0.3, 0.4) is 0 Å². The predicted molar refractivity (Wildman–Crippen MR) is 78.3 cm³/mol. The lowest BCUT2D eigenvalue weighted by molar-refractivity contribution is 0.395. The van der Waals surface area contributed by atoms with Crippen molar-refractivity contribution in [2.75, 3.05) is 18.9 Å². The van der Waals surface area contributed by atoms with Crippen molar-refractivity contribution in [1.29, 1.82) is 0 Å². The summed E-state index contributed by atoms with van der Waals surface area (Å²) >= 11 is 0. The fraction of sp³-hybridized carbons (Fsp3) is 0.308. The van der Waals surface area contributed by atoms with Gasteiger partial charge in [0.1, 0.15) is 16.4 Å². The van der Waals surface area contributed by atoms with Crippen molar-refractivity contribution in [2.45, 2.75) is 18.4 Å². The highest BCUT2D eigenvalue weighted by molar-refractivity contribution is 7.92. The lowest BCUT2D eigenvalue weighted by atomic mass is 10.3. The van der Waals surface area contributed by atoms with E-state index in [2.05, 4.69) is 9.82 Å². The lowest BCUT2D eigenvalue weighted by Crippen LogP contribution is -2.12. The molecule has 7 nitrogen and oxygen atoms in total. The van der Waals surface area contributed by atoms with Crippen LogP contribution in [0.2, 0.25) is 0 Å². The molecule has 0 bridgehead atoms. The Morgan fingerprint density at radius 3 is 2.29 bits per heavy atom. The van der Waals surface area contributed by atoms with Gasteiger partial charge in [0, 0.05) is 30.9 Å². The molecule has 8 heteroatoms. The Hall–Kier alpha value is -2.22. The van der Waals surface area contributed by atoms with E-state index in [1.54, 1.807) is 22.9 Å². The average Bonchev–Trinajstić information content (AvgIpc) is 2.96. The van der Waals surface area contributed by atoms with E-state index in [4.69, 9.17) is 9.47 Å². The first kappa shape index (κ1) is 15.2. The summed E-state index contributed by atoms with van der Waals surface area (Å²) < 4.78 is 38.8. The number of methoxy groups -OCH3 is 2. The second-order valence-electron chi connectivity index (χ2n) is 4.24. The van der Waals surface area contributed by atoms with Crippen molar-refractivity contribution in [2.24, 2.45) is 0 Å². The lowest BCUT2D eigenvalue weighted by Gasteiger charge is -2.10. The minimum absolute atomic E-state index is 0.103. The van der Waals surface area contributed by atoms with Gasteiger partial charge in [0.15, 0.2) is 0 Å². The van der Waals surface area contributed by atoms with Gasteiger partial charge in [0.2, 0.25) is 0 Å². The van der Waals surface area contributed by atoms with Gasteiger partial charge in [-0.25, -0.2) is 8.42 Å². The van der Waals surface area contributed by atoms with Crippen LogP contribution in [0.15, 0.2) is 35.5 Å². The Balaban J connectivity index is 2.31. The van der Waals surface area contributed by atoms with Gasteiger partial charge in [-0.15, -0.1) is 0 Å². The van der Waals surface area contributed by atoms with E-state index in [1.165, 1.54) is 26.6 Å². The van der Waals surface area contributed by atoms with E-state index in [9.17, 15) is 8.42 Å². The SMILES string of the molecule is CCn1cc(S(=O)(=O)Nc2cc(OC)cc(OC)c2)cn1. The van der Waals surface area contributed by atoms with E-state index < -0.39 is 10.0 Å². The van der Waals surface area contributed by atoms with E-state index in [0.29, 0.717) is 23.7 Å². The van der Waals surface area contributed by atoms with Gasteiger partial charge in [-0.3, -0.25) is 9.40 Å². The number of ether oxygens (including phenoxy) is 2. The maximum absolute atomic E-state index is 12.3. The molecule has 0 aliphatic carbocycles. The second-order valence-corrected chi connectivity index (χ2v) is 5.92. The fourth-order valence-corrected chi connectivity index (χ4v) is 2.73. The third kappa shape index (κ3) is 3.46. The molecule has 1 heterocycles. The molecule has 1 aromatic carbocycles. The molecule has 0 atom stereocenters. The van der Waals surface area contributed by atoms with Crippen LogP contribution in [0, 0.1) is 0 Å². The first-order chi connectivity index (χ1) is 9.98. The van der Waals surface area contributed by atoms with Gasteiger partial charge in [-0.05, 0) is 6.92 Å². The standard InChI is InChI=1S/C13H17N3O4S/c1-4-16-9-13(8-14-16)21(17,18)15-10-5-11(19-2)7-12(6-10)20-3/h5-9,15H,4H2,1-3H3. The zero-order chi connectivity index (χ0) is 15.5. The summed E-state index contributed by atoms with van der Waals surface area (Å²) in [6.45, 7) is 2.48. The molecule has 0 saturated heterocycles. The van der Waals surface area contributed by atoms with Gasteiger partial charge >= 0.3 is 0 Å². The number of nitrogens with zero attached hydrogens (tertiary/aromatic N) is 2. The largest absolute Gasteiger partial charge is 0.497 e. The predicted octanol–water partition coefficient (Wildman–Crippen LogP) is 1.72. The first-order valence-corrected chi connectivity index (χ1v) is 7.75. The number of aromatic nitrogens is 2. The summed E-state index contributed by atoms with van der Waals surface area (Å²) in [5, 5.41) is 3.96. The van der Waals surface area contributed by atoms with Crippen molar-refractivity contribution < 1.29 is 17.9 Å². The van der Waals surface area contributed by atoms with Crippen LogP contribution < -0.4 is 14.2 Å². The molecule has 0 saturated carbocycles. The molecule has 2 rings (SSSR count). The highest BCUT2D eigenvalue weighted by Crippen LogP contribution is 2.27. The number of benzene rings is 1. The molecule has 114 valence electrons. The van der Waals surface area contributed by atoms with Crippen LogP contribution >= 0.6 is 0 Å². The average molecular weight is 311 g/mol. The number of hydrogen-bond donors (Lipinski definition) is 1. The monoisotopic (exact) mass is 311 g/mol. The Labute approximate surface area is 123 Å². The minimum atomic E-state index is -3.70. The van der Waals surface area contributed by atoms with Gasteiger partial charge in [-0.2, -0.15) is 5.10 Å². The topological polar surface area (TPSA) is 82.5 Å². The Kier molecular flexibility index (Phi) is 4.37. The quantitative estimate of drug-likeness (QED) is 0.878. The second kappa shape index (κ2) is 6.04. The molecule has 0 unspecified atom stereocenters. The third-order valence-electron chi connectivity index (χ3n) is 2.85. The molecular weight excluding hydrogens is 294 g/mol. The number of rotatable bonds is 6. The maximum atomic E-state index is 12.3. The molecule has 2 aromatic rings. The molecular formula is C13H17N3O4S. The van der Waals surface area contributed by atoms with Gasteiger partial charge in [0.25, 0.3) is 10.0 Å². The Morgan fingerprint density at radius 2 is 1.81 bits per heavy atom. The number of aryl methyl sites for hydroxylation is 1. The van der Waals surface area contributed by atoms with Gasteiger partial charge in [-0.1, -0.05) is 0 Å². The molecule has 21 heavy (non-hydrogen) atoms. The van der Waals surface area contributed by atoms with Gasteiger partial charge < -0.3 is 9.47 Å². The summed E-state index contributed by atoms with van der Waals surface area (Å²) in [7, 11) is -0.700. The highest BCUT2D eigenvalue weighted by Gasteiger charge is 2.17. The van der Waals surface area contributed by atoms with Crippen molar-refractivity contribution in [3.63, 3.8) is 0 Å². The van der Waals surface area contributed by atoms with Crippen molar-refractivity contribution in [3.05, 3.63) is 30.6 Å². The molecule has 0 aliphatic rings. The zero-order valence-corrected chi connectivity index (χ0v) is 12.8. The first-order valence-electron chi connectivity index (χ1n) is 6.27. The molecule has 0 amide bonds. The number of sulfonamides is 1. The van der Waals surface area contributed by atoms with E-state index in [1.807, 2.05) is 6.92 Å². The zero-order valence-electron chi connectivity index (χ0n) is 12.0. The van der Waals surface area contributed by atoms with E-state index in [0.717, 1.165) is 0 Å². The van der Waals surface area contributed by atoms with E-state index >= 15 is 0 Å². The van der Waals surface area contributed by atoms with Crippen LogP contribution in [0.1, 0.15) is 6.92 Å². The summed E-state index contributed by atoms with van der Waals surface area (Å²) in [5.41, 5.74) is 0.357. The molecule has 1 N–H and O–H groups in total. The van der Waals surface area contributed by atoms with Crippen LogP contribution in [-0.4, -0.2) is 32.4 Å². The van der Waals surface area contributed by atoms with Crippen LogP contribution in [-0.2, 0) is 16.6 Å². The fourth-order valence-electron chi connectivity index (χ4n) is 1.74. The highest BCUT2D eigenvalue weighted by atomic mass is 32.2. The number of anilines is 1. The number of nitrogens with one attached hydrogen (secondary N) is 1. The van der Waals surface area contributed by atoms with Crippen LogP contribution in [0.25, 0.3) is 0 Å². The Morgan fingerprint density at radius 1 is 1.19 bits per heavy atom. The molecule has 0 fully saturated rings. The van der Waals surface area contributed by atoms with Crippen LogP contribution in [0.5, 0.6) is 11.5 Å². The smallest absolute Gasteiger partial charge is 0.265 e. The van der Waals surface area contributed by atoms with Gasteiger partial charge in [0.05, 0.1) is 26.1 Å². The summed E-state index contributed by atoms with van der Waals surface area (Å²) in [6, 6.07) is 4.81. The van der Waals surface area contributed by atoms with Crippen molar-refractivity contribution in [1.82, 2.24) is 9.78 Å². The Bertz CT molecular complexity index is 703. The molecule has 0 radical (unpaired) electrons. The number of hydrogen-bond acceptors (Lipinski definition) is 5. The van der Waals surface area contributed by atoms with Crippen molar-refractivity contribution in [3.8, 4) is 11.5 Å². The summed E-state index contributed by atoms with van der Waals surface area (Å²) in [5.74, 6) is 0.993. The van der Waals surface area contributed by atoms with Crippen molar-refractivity contribution >= 4 is 15.7 Å². The molecule has 0 spiro atoms. The van der Waals surface area contributed by atoms with E-state index in [-0.39, 0.29) is 4.90 Å². The normalized spacial score (nSPS) is 11.2. The summed E-state index contributed by atoms with van der Waals surface area (Å²) in [4.78, 5) is 0.103. The maximum Gasteiger partial charge on any atom is 0.265 e. The molecule has 1 aromatic heterocycles. The molecule has 0 aliphatic heterocycles. The third-order valence-corrected chi connectivity index (χ3v) is 4.18.